The van der Waals surface area contributed by atoms with E-state index in [4.69, 9.17) is 0 Å². The van der Waals surface area contributed by atoms with Crippen molar-refractivity contribution in [3.8, 4) is 0 Å². The van der Waals surface area contributed by atoms with Gasteiger partial charge in [0.2, 0.25) is 0 Å². The van der Waals surface area contributed by atoms with E-state index in [-0.39, 0.29) is 30.2 Å². The molecule has 0 amide bonds. The second kappa shape index (κ2) is 13.1. The third-order valence-electron chi connectivity index (χ3n) is 4.29. The van der Waals surface area contributed by atoms with Gasteiger partial charge in [-0.3, -0.25) is 0 Å². The Kier molecular flexibility index (Phi) is 14.2. The third-order valence-corrected chi connectivity index (χ3v) is 4.29. The minimum atomic E-state index is 0. The molecular formula is C22H30Cl2SiZr-2. The summed E-state index contributed by atoms with van der Waals surface area (Å²) in [6.07, 6.45) is 0. The molecule has 0 spiro atoms. The molecule has 0 fully saturated rings. The maximum atomic E-state index is 2.31. The maximum absolute atomic E-state index is 2.31. The SMILES string of the molecule is C[Si](C)=[Zr+2].Cc1c[c-](C)c(C)c1C.Cc1cc2cccc(C)c2[cH-]1.[Cl-].[Cl-]. The van der Waals surface area contributed by atoms with E-state index in [1.807, 2.05) is 0 Å². The van der Waals surface area contributed by atoms with Crippen molar-refractivity contribution in [2.45, 2.75) is 54.6 Å². The summed E-state index contributed by atoms with van der Waals surface area (Å²) in [4.78, 5) is 0. The molecule has 0 atom stereocenters. The molecule has 0 bridgehead atoms. The standard InChI is InChI=1S/C11H11.C9H13.C2H6Si.2ClH.Zr/c1-8-6-10-5-3-4-9(2)11(10)7-8;1-6-5-7(2)9(4)8(6)3;1-3-2;;;/h3-7H,1-2H3;5H,1-4H3;1-2H3;2*1H;/q2*-1;;;;+2/p-2. The fraction of sp³-hybridized carbons (Fsp3) is 0.364. The van der Waals surface area contributed by atoms with Crippen LogP contribution in [0.1, 0.15) is 33.4 Å². The van der Waals surface area contributed by atoms with Crippen molar-refractivity contribution >= 4 is 16.2 Å². The summed E-state index contributed by atoms with van der Waals surface area (Å²) in [6.45, 7) is 17.6. The zero-order chi connectivity index (χ0) is 18.4. The molecule has 142 valence electrons. The van der Waals surface area contributed by atoms with E-state index in [0.29, 0.717) is 0 Å². The fourth-order valence-corrected chi connectivity index (χ4v) is 2.67. The van der Waals surface area contributed by atoms with Gasteiger partial charge >= 0.3 is 41.9 Å². The third kappa shape index (κ3) is 8.70. The normalized spacial score (nSPS) is 9.15. The summed E-state index contributed by atoms with van der Waals surface area (Å²) >= 11 is 1.74. The summed E-state index contributed by atoms with van der Waals surface area (Å²) in [5.74, 6) is 0. The molecule has 0 N–H and O–H groups in total. The molecule has 3 aromatic rings. The van der Waals surface area contributed by atoms with Crippen LogP contribution in [-0.2, 0) is 23.3 Å². The molecule has 0 radical (unpaired) electrons. The average molecular weight is 485 g/mol. The van der Waals surface area contributed by atoms with Gasteiger partial charge in [-0.2, -0.15) is 34.4 Å². The van der Waals surface area contributed by atoms with Crippen LogP contribution >= 0.6 is 0 Å². The molecule has 0 saturated carbocycles. The van der Waals surface area contributed by atoms with E-state index in [1.54, 1.807) is 23.3 Å². The van der Waals surface area contributed by atoms with Gasteiger partial charge in [0.1, 0.15) is 0 Å². The number of aryl methyl sites for hydroxylation is 4. The van der Waals surface area contributed by atoms with Crippen LogP contribution in [0.5, 0.6) is 0 Å². The first-order valence-corrected chi connectivity index (χ1v) is 14.7. The summed E-state index contributed by atoms with van der Waals surface area (Å²) in [6, 6.07) is 13.1. The van der Waals surface area contributed by atoms with Crippen molar-refractivity contribution in [2.75, 3.05) is 0 Å². The Morgan fingerprint density at radius 2 is 1.50 bits per heavy atom. The van der Waals surface area contributed by atoms with Crippen molar-refractivity contribution in [1.29, 1.82) is 0 Å². The van der Waals surface area contributed by atoms with Crippen molar-refractivity contribution in [3.63, 3.8) is 0 Å². The molecule has 0 heterocycles. The van der Waals surface area contributed by atoms with Crippen molar-refractivity contribution in [2.24, 2.45) is 0 Å². The minimum Gasteiger partial charge on any atom is -1.00 e. The van der Waals surface area contributed by atoms with Crippen LogP contribution in [0.2, 0.25) is 13.1 Å². The first kappa shape index (κ1) is 28.1. The predicted octanol–water partition coefficient (Wildman–Crippen LogP) is 0.607. The molecule has 4 heteroatoms. The molecule has 0 saturated heterocycles. The second-order valence-corrected chi connectivity index (χ2v) is 16.2. The molecule has 0 aliphatic rings. The van der Waals surface area contributed by atoms with Crippen LogP contribution in [0.15, 0.2) is 36.4 Å². The van der Waals surface area contributed by atoms with Gasteiger partial charge in [0.25, 0.3) is 0 Å². The number of benzene rings is 1. The Balaban J connectivity index is 0. The Bertz CT molecular complexity index is 802. The molecule has 3 rings (SSSR count). The van der Waals surface area contributed by atoms with E-state index >= 15 is 0 Å². The van der Waals surface area contributed by atoms with E-state index in [9.17, 15) is 0 Å². The van der Waals surface area contributed by atoms with Gasteiger partial charge in [-0.1, -0.05) is 47.6 Å². The summed E-state index contributed by atoms with van der Waals surface area (Å²) in [5, 5.41) is 2.76. The minimum absolute atomic E-state index is 0. The zero-order valence-corrected chi connectivity index (χ0v) is 22.2. The van der Waals surface area contributed by atoms with Gasteiger partial charge in [-0.25, -0.2) is 0 Å². The van der Waals surface area contributed by atoms with Crippen molar-refractivity contribution in [3.05, 3.63) is 69.8 Å². The number of halogens is 2. The van der Waals surface area contributed by atoms with Gasteiger partial charge in [-0.15, -0.1) is 40.1 Å². The quantitative estimate of drug-likeness (QED) is 0.324. The van der Waals surface area contributed by atoms with Crippen LogP contribution in [0.25, 0.3) is 10.8 Å². The number of hydrogen-bond acceptors (Lipinski definition) is 0. The van der Waals surface area contributed by atoms with E-state index in [1.165, 1.54) is 44.2 Å². The maximum Gasteiger partial charge on any atom is -0.0579 e. The number of fused-ring (bicyclic) bond motifs is 1. The monoisotopic (exact) mass is 482 g/mol. The molecule has 0 aliphatic carbocycles. The molecule has 3 aromatic carbocycles. The van der Waals surface area contributed by atoms with Crippen LogP contribution in [0.4, 0.5) is 0 Å². The van der Waals surface area contributed by atoms with Crippen molar-refractivity contribution < 1.29 is 48.1 Å². The van der Waals surface area contributed by atoms with Crippen LogP contribution in [0, 0.1) is 41.5 Å². The Morgan fingerprint density at radius 3 is 1.85 bits per heavy atom. The molecule has 0 aliphatic heterocycles. The van der Waals surface area contributed by atoms with Crippen molar-refractivity contribution in [1.82, 2.24) is 0 Å². The molecule has 26 heavy (non-hydrogen) atoms. The second-order valence-electron chi connectivity index (χ2n) is 6.87. The summed E-state index contributed by atoms with van der Waals surface area (Å²) < 4.78 is 0. The number of hydrogen-bond donors (Lipinski definition) is 0. The van der Waals surface area contributed by atoms with Gasteiger partial charge in [0.05, 0.1) is 0 Å². The Hall–Kier alpha value is -0.140. The molecule has 0 unspecified atom stereocenters. The van der Waals surface area contributed by atoms with Gasteiger partial charge < -0.3 is 24.8 Å². The van der Waals surface area contributed by atoms with Crippen LogP contribution in [-0.4, -0.2) is 5.43 Å². The smallest absolute Gasteiger partial charge is 0.0579 e. The van der Waals surface area contributed by atoms with Gasteiger partial charge in [0, 0.05) is 0 Å². The Labute approximate surface area is 187 Å². The zero-order valence-electron chi connectivity index (χ0n) is 17.2. The molecule has 0 nitrogen and oxygen atoms in total. The largest absolute Gasteiger partial charge is 1.00 e. The van der Waals surface area contributed by atoms with Crippen LogP contribution in [0.3, 0.4) is 0 Å². The first-order valence-electron chi connectivity index (χ1n) is 8.48. The molecular weight excluding hydrogens is 454 g/mol. The van der Waals surface area contributed by atoms with Crippen LogP contribution < -0.4 is 24.8 Å². The molecule has 0 aromatic heterocycles. The van der Waals surface area contributed by atoms with E-state index in [2.05, 4.69) is 91.0 Å². The Morgan fingerprint density at radius 1 is 0.962 bits per heavy atom. The summed E-state index contributed by atoms with van der Waals surface area (Å²) in [7, 11) is 0. The average Bonchev–Trinajstić information content (AvgIpc) is 2.96. The van der Waals surface area contributed by atoms with Gasteiger partial charge in [0.15, 0.2) is 0 Å². The summed E-state index contributed by atoms with van der Waals surface area (Å²) in [5.41, 5.74) is 8.68. The van der Waals surface area contributed by atoms with Gasteiger partial charge in [-0.05, 0) is 0 Å². The van der Waals surface area contributed by atoms with E-state index in [0.717, 1.165) is 0 Å². The topological polar surface area (TPSA) is 0 Å². The number of rotatable bonds is 0. The predicted molar refractivity (Wildman–Crippen MR) is 107 cm³/mol. The fourth-order valence-electron chi connectivity index (χ4n) is 2.67. The first-order chi connectivity index (χ1) is 11.1. The van der Waals surface area contributed by atoms with E-state index < -0.39 is 0 Å².